The molecule has 2 aromatic heterocycles. The summed E-state index contributed by atoms with van der Waals surface area (Å²) in [5, 5.41) is 24.2. The molecule has 0 aliphatic carbocycles. The number of H-pyrrole nitrogens is 1. The number of fused-ring (bicyclic) bond motifs is 1. The van der Waals surface area contributed by atoms with E-state index in [1.165, 1.54) is 19.1 Å². The molecule has 184 valence electrons. The minimum atomic E-state index is -0.665. The van der Waals surface area contributed by atoms with E-state index < -0.39 is 22.4 Å². The average molecular weight is 517 g/mol. The van der Waals surface area contributed by atoms with Crippen molar-refractivity contribution < 1.29 is 18.9 Å². The smallest absolute Gasteiger partial charge is 0.293 e. The SMILES string of the molecule is CC(=O)Nc1ccc(C(=O)Nc2cccc(-c3n[nH]cc3-c3nc4cc(Cl)ccc4o3)c2)cc1[N+](=O)[O-]. The first-order chi connectivity index (χ1) is 17.8. The molecule has 0 saturated heterocycles. The van der Waals surface area contributed by atoms with Crippen LogP contribution in [0.25, 0.3) is 33.8 Å². The number of nitro groups is 1. The van der Waals surface area contributed by atoms with Crippen LogP contribution in [0.15, 0.2) is 71.3 Å². The first-order valence-corrected chi connectivity index (χ1v) is 11.2. The Morgan fingerprint density at radius 1 is 1.08 bits per heavy atom. The number of carbonyl (C=O) groups is 2. The van der Waals surface area contributed by atoms with Crippen LogP contribution in [-0.2, 0) is 4.79 Å². The molecule has 0 atom stereocenters. The number of aromatic nitrogens is 3. The second-order valence-corrected chi connectivity index (χ2v) is 8.42. The Balaban J connectivity index is 1.42. The number of aromatic amines is 1. The van der Waals surface area contributed by atoms with E-state index in [9.17, 15) is 19.7 Å². The van der Waals surface area contributed by atoms with Crippen LogP contribution in [0.2, 0.25) is 5.02 Å². The second kappa shape index (κ2) is 9.55. The number of nitrogens with zero attached hydrogens (tertiary/aromatic N) is 3. The highest BCUT2D eigenvalue weighted by atomic mass is 35.5. The summed E-state index contributed by atoms with van der Waals surface area (Å²) >= 11 is 6.05. The molecule has 0 unspecified atom stereocenters. The number of oxazole rings is 1. The van der Waals surface area contributed by atoms with Crippen molar-refractivity contribution in [3.63, 3.8) is 0 Å². The number of hydrogen-bond acceptors (Lipinski definition) is 7. The number of hydrogen-bond donors (Lipinski definition) is 3. The van der Waals surface area contributed by atoms with E-state index in [-0.39, 0.29) is 11.3 Å². The Morgan fingerprint density at radius 3 is 2.70 bits per heavy atom. The lowest BCUT2D eigenvalue weighted by Gasteiger charge is -2.09. The number of benzene rings is 3. The number of nitrogens with one attached hydrogen (secondary N) is 3. The standard InChI is InChI=1S/C25H17ClN6O5/c1-13(33)28-19-7-5-15(10-21(19)32(35)36)24(34)29-17-4-2-3-14(9-17)23-18(12-27-31-23)25-30-20-11-16(26)6-8-22(20)37-25/h2-12H,1H3,(H,27,31)(H,28,33)(H,29,34). The van der Waals surface area contributed by atoms with Crippen molar-refractivity contribution in [1.82, 2.24) is 15.2 Å². The molecule has 0 saturated carbocycles. The summed E-state index contributed by atoms with van der Waals surface area (Å²) in [4.78, 5) is 39.4. The molecule has 11 nitrogen and oxygen atoms in total. The van der Waals surface area contributed by atoms with Crippen LogP contribution in [0, 0.1) is 10.1 Å². The second-order valence-electron chi connectivity index (χ2n) is 7.98. The molecule has 37 heavy (non-hydrogen) atoms. The molecule has 0 fully saturated rings. The van der Waals surface area contributed by atoms with Gasteiger partial charge in [-0.15, -0.1) is 0 Å². The molecule has 3 aromatic carbocycles. The fourth-order valence-corrected chi connectivity index (χ4v) is 3.92. The van der Waals surface area contributed by atoms with Gasteiger partial charge in [0.05, 0.1) is 10.5 Å². The summed E-state index contributed by atoms with van der Waals surface area (Å²) < 4.78 is 5.87. The number of anilines is 2. The van der Waals surface area contributed by atoms with Crippen LogP contribution in [0.3, 0.4) is 0 Å². The van der Waals surface area contributed by atoms with Crippen molar-refractivity contribution in [1.29, 1.82) is 0 Å². The van der Waals surface area contributed by atoms with Gasteiger partial charge in [0.15, 0.2) is 5.58 Å². The van der Waals surface area contributed by atoms with Crippen molar-refractivity contribution >= 4 is 51.6 Å². The topological polar surface area (TPSA) is 156 Å². The molecular weight excluding hydrogens is 500 g/mol. The summed E-state index contributed by atoms with van der Waals surface area (Å²) in [6.45, 7) is 1.24. The third kappa shape index (κ3) is 4.88. The summed E-state index contributed by atoms with van der Waals surface area (Å²) in [6.07, 6.45) is 1.66. The van der Waals surface area contributed by atoms with E-state index in [4.69, 9.17) is 16.0 Å². The maximum absolute atomic E-state index is 12.9. The van der Waals surface area contributed by atoms with Gasteiger partial charge >= 0.3 is 0 Å². The average Bonchev–Trinajstić information content (AvgIpc) is 3.50. The Labute approximate surface area is 213 Å². The molecule has 12 heteroatoms. The number of carbonyl (C=O) groups excluding carboxylic acids is 2. The fraction of sp³-hybridized carbons (Fsp3) is 0.0400. The molecule has 2 amide bonds. The first-order valence-electron chi connectivity index (χ1n) is 10.9. The molecule has 2 heterocycles. The van der Waals surface area contributed by atoms with Crippen LogP contribution in [0.5, 0.6) is 0 Å². The van der Waals surface area contributed by atoms with Crippen molar-refractivity contribution in [3.05, 3.63) is 87.6 Å². The van der Waals surface area contributed by atoms with Gasteiger partial charge < -0.3 is 15.1 Å². The van der Waals surface area contributed by atoms with E-state index in [1.54, 1.807) is 42.6 Å². The largest absolute Gasteiger partial charge is 0.436 e. The molecule has 0 aliphatic rings. The van der Waals surface area contributed by atoms with Gasteiger partial charge in [0.25, 0.3) is 11.6 Å². The molecule has 3 N–H and O–H groups in total. The predicted octanol–water partition coefficient (Wildman–Crippen LogP) is 5.66. The number of nitro benzene ring substituents is 1. The molecule has 0 radical (unpaired) electrons. The van der Waals surface area contributed by atoms with Gasteiger partial charge in [0, 0.05) is 41.0 Å². The van der Waals surface area contributed by atoms with Crippen molar-refractivity contribution in [3.8, 4) is 22.7 Å². The minimum Gasteiger partial charge on any atom is -0.436 e. The molecule has 0 aliphatic heterocycles. The van der Waals surface area contributed by atoms with Crippen molar-refractivity contribution in [2.75, 3.05) is 10.6 Å². The van der Waals surface area contributed by atoms with Gasteiger partial charge in [-0.2, -0.15) is 5.10 Å². The zero-order valence-electron chi connectivity index (χ0n) is 19.1. The predicted molar refractivity (Wildman–Crippen MR) is 137 cm³/mol. The van der Waals surface area contributed by atoms with Gasteiger partial charge in [-0.3, -0.25) is 24.8 Å². The van der Waals surface area contributed by atoms with Crippen molar-refractivity contribution in [2.45, 2.75) is 6.92 Å². The number of rotatable bonds is 6. The molecular formula is C25H17ClN6O5. The third-order valence-electron chi connectivity index (χ3n) is 5.38. The lowest BCUT2D eigenvalue weighted by molar-refractivity contribution is -0.384. The van der Waals surface area contributed by atoms with E-state index in [2.05, 4.69) is 25.8 Å². The maximum Gasteiger partial charge on any atom is 0.293 e. The van der Waals surface area contributed by atoms with Crippen LogP contribution in [-0.4, -0.2) is 31.9 Å². The Bertz CT molecular complexity index is 1690. The van der Waals surface area contributed by atoms with Gasteiger partial charge in [-0.05, 0) is 42.5 Å². The van der Waals surface area contributed by atoms with Gasteiger partial charge in [0.1, 0.15) is 16.9 Å². The van der Waals surface area contributed by atoms with Crippen LogP contribution in [0.4, 0.5) is 17.1 Å². The Hall–Kier alpha value is -5.03. The van der Waals surface area contributed by atoms with Gasteiger partial charge in [0.2, 0.25) is 11.8 Å². The highest BCUT2D eigenvalue weighted by Crippen LogP contribution is 2.33. The third-order valence-corrected chi connectivity index (χ3v) is 5.62. The number of halogens is 1. The quantitative estimate of drug-likeness (QED) is 0.194. The Morgan fingerprint density at radius 2 is 1.92 bits per heavy atom. The van der Waals surface area contributed by atoms with E-state index in [0.717, 1.165) is 6.07 Å². The lowest BCUT2D eigenvalue weighted by atomic mass is 10.1. The zero-order valence-corrected chi connectivity index (χ0v) is 19.9. The molecule has 0 spiro atoms. The van der Waals surface area contributed by atoms with Crippen molar-refractivity contribution in [2.24, 2.45) is 0 Å². The molecule has 0 bridgehead atoms. The highest BCUT2D eigenvalue weighted by Gasteiger charge is 2.20. The van der Waals surface area contributed by atoms with Crippen LogP contribution < -0.4 is 10.6 Å². The highest BCUT2D eigenvalue weighted by molar-refractivity contribution is 6.31. The summed E-state index contributed by atoms with van der Waals surface area (Å²) in [6, 6.07) is 15.9. The molecule has 5 aromatic rings. The first kappa shape index (κ1) is 23.7. The van der Waals surface area contributed by atoms with E-state index >= 15 is 0 Å². The van der Waals surface area contributed by atoms with Crippen LogP contribution >= 0.6 is 11.6 Å². The fourth-order valence-electron chi connectivity index (χ4n) is 3.76. The van der Waals surface area contributed by atoms with Gasteiger partial charge in [-0.1, -0.05) is 23.7 Å². The minimum absolute atomic E-state index is 0.00331. The summed E-state index contributed by atoms with van der Waals surface area (Å²) in [7, 11) is 0. The van der Waals surface area contributed by atoms with E-state index in [1.807, 2.05) is 6.07 Å². The number of amides is 2. The zero-order chi connectivity index (χ0) is 26.1. The van der Waals surface area contributed by atoms with Gasteiger partial charge in [-0.25, -0.2) is 4.98 Å². The normalized spacial score (nSPS) is 10.9. The maximum atomic E-state index is 12.9. The Kier molecular flexibility index (Phi) is 6.12. The lowest BCUT2D eigenvalue weighted by Crippen LogP contribution is -2.13. The summed E-state index contributed by atoms with van der Waals surface area (Å²) in [5.74, 6) is -0.675. The van der Waals surface area contributed by atoms with E-state index in [0.29, 0.717) is 44.5 Å². The molecule has 5 rings (SSSR count). The summed E-state index contributed by atoms with van der Waals surface area (Å²) in [5.41, 5.74) is 3.11. The monoisotopic (exact) mass is 516 g/mol. The van der Waals surface area contributed by atoms with Crippen LogP contribution in [0.1, 0.15) is 17.3 Å².